The Kier molecular flexibility index (Phi) is 10.1. The molecule has 1 aromatic rings. The molecule has 5 aliphatic rings. The Bertz CT molecular complexity index is 1180. The minimum Gasteiger partial charge on any atom is -0.366 e. The Labute approximate surface area is 245 Å². The van der Waals surface area contributed by atoms with E-state index >= 15 is 0 Å². The minimum atomic E-state index is -1.43. The number of benzene rings is 1. The van der Waals surface area contributed by atoms with Gasteiger partial charge in [0, 0.05) is 17.0 Å². The molecule has 0 bridgehead atoms. The van der Waals surface area contributed by atoms with Gasteiger partial charge in [0.05, 0.1) is 5.56 Å². The third-order valence-corrected chi connectivity index (χ3v) is 11.2. The van der Waals surface area contributed by atoms with Crippen molar-refractivity contribution in [3.63, 3.8) is 0 Å². The van der Waals surface area contributed by atoms with Crippen molar-refractivity contribution in [2.24, 2.45) is 39.0 Å². The fourth-order valence-corrected chi connectivity index (χ4v) is 9.65. The van der Waals surface area contributed by atoms with Crippen LogP contribution in [-0.4, -0.2) is 12.4 Å². The number of allylic oxidation sites excluding steroid dienone is 1. The fraction of sp³-hybridized carbons (Fsp3) is 0.629. The van der Waals surface area contributed by atoms with Crippen LogP contribution in [0.3, 0.4) is 0 Å². The standard InChI is InChI=1S/C29H34F4N2.2C2H6.C2H4/c1-15-5-6-20-27(15,4)10-9-21-28-12-8-19(13-18(28)7-11-29(20,21)28)35-14-34-17(3)22-25(32)23(30)16(2)24(31)26(22)33;3*1-2/h18,20-21,34H,1,3,5-14H2,2,4H3;2*1-2H3;1-2H2/b35-19+;;;. The molecule has 5 aliphatic carbocycles. The van der Waals surface area contributed by atoms with Crippen molar-refractivity contribution in [3.8, 4) is 0 Å². The van der Waals surface area contributed by atoms with Gasteiger partial charge in [0.15, 0.2) is 23.3 Å². The van der Waals surface area contributed by atoms with E-state index in [1.54, 1.807) is 0 Å². The van der Waals surface area contributed by atoms with Crippen molar-refractivity contribution < 1.29 is 17.6 Å². The predicted octanol–water partition coefficient (Wildman–Crippen LogP) is 10.3. The largest absolute Gasteiger partial charge is 0.366 e. The lowest BCUT2D eigenvalue weighted by atomic mass is 9.61. The van der Waals surface area contributed by atoms with Crippen LogP contribution in [0, 0.1) is 64.2 Å². The summed E-state index contributed by atoms with van der Waals surface area (Å²) < 4.78 is 56.5. The molecule has 6 atom stereocenters. The monoisotopic (exact) mass is 574 g/mol. The van der Waals surface area contributed by atoms with Crippen LogP contribution in [0.2, 0.25) is 0 Å². The smallest absolute Gasteiger partial charge is 0.171 e. The second kappa shape index (κ2) is 12.5. The van der Waals surface area contributed by atoms with Crippen LogP contribution in [0.25, 0.3) is 5.70 Å². The summed E-state index contributed by atoms with van der Waals surface area (Å²) in [5.41, 5.74) is 2.24. The maximum Gasteiger partial charge on any atom is 0.171 e. The molecular formula is C35H50F4N2. The zero-order valence-electron chi connectivity index (χ0n) is 26.1. The number of nitrogens with one attached hydrogen (secondary N) is 1. The first kappa shape index (κ1) is 33.1. The molecule has 0 saturated heterocycles. The molecule has 0 heterocycles. The van der Waals surface area contributed by atoms with Crippen molar-refractivity contribution in [1.82, 2.24) is 5.32 Å². The first-order chi connectivity index (χ1) is 19.6. The molecule has 5 fully saturated rings. The number of nitrogens with zero attached hydrogens (tertiary/aromatic N) is 1. The van der Waals surface area contributed by atoms with Crippen molar-refractivity contribution in [3.05, 3.63) is 66.3 Å². The van der Waals surface area contributed by atoms with E-state index in [9.17, 15) is 17.6 Å². The van der Waals surface area contributed by atoms with Gasteiger partial charge in [-0.25, -0.2) is 17.6 Å². The highest BCUT2D eigenvalue weighted by Gasteiger charge is 2.85. The second-order valence-corrected chi connectivity index (χ2v) is 12.0. The Morgan fingerprint density at radius 1 is 0.854 bits per heavy atom. The molecule has 0 amide bonds. The Hall–Kier alpha value is -2.37. The molecule has 228 valence electrons. The molecule has 0 aromatic heterocycles. The van der Waals surface area contributed by atoms with Crippen molar-refractivity contribution in [2.75, 3.05) is 6.67 Å². The minimum absolute atomic E-state index is 0.0823. The predicted molar refractivity (Wildman–Crippen MR) is 164 cm³/mol. The zero-order valence-corrected chi connectivity index (χ0v) is 26.1. The summed E-state index contributed by atoms with van der Waals surface area (Å²) in [4.78, 5) is 4.69. The van der Waals surface area contributed by atoms with E-state index < -0.39 is 34.4 Å². The van der Waals surface area contributed by atoms with Gasteiger partial charge in [0.2, 0.25) is 0 Å². The second-order valence-electron chi connectivity index (χ2n) is 12.0. The summed E-state index contributed by atoms with van der Waals surface area (Å²) >= 11 is 0. The quantitative estimate of drug-likeness (QED) is 0.216. The molecule has 1 N–H and O–H groups in total. The third kappa shape index (κ3) is 4.63. The van der Waals surface area contributed by atoms with Crippen molar-refractivity contribution in [2.45, 2.75) is 99.3 Å². The molecule has 6 heteroatoms. The molecule has 0 radical (unpaired) electrons. The van der Waals surface area contributed by atoms with Crippen LogP contribution < -0.4 is 5.32 Å². The molecule has 5 saturated carbocycles. The van der Waals surface area contributed by atoms with E-state index in [0.29, 0.717) is 22.2 Å². The lowest BCUT2D eigenvalue weighted by Gasteiger charge is -2.43. The van der Waals surface area contributed by atoms with Crippen LogP contribution in [-0.2, 0) is 0 Å². The summed E-state index contributed by atoms with van der Waals surface area (Å²) in [7, 11) is 0. The topological polar surface area (TPSA) is 24.4 Å². The van der Waals surface area contributed by atoms with Crippen LogP contribution in [0.15, 0.2) is 36.9 Å². The number of fused-ring (bicyclic) bond motifs is 1. The highest BCUT2D eigenvalue weighted by Crippen LogP contribution is 2.91. The number of rotatable bonds is 4. The Morgan fingerprint density at radius 2 is 1.46 bits per heavy atom. The summed E-state index contributed by atoms with van der Waals surface area (Å²) in [6, 6.07) is 0. The van der Waals surface area contributed by atoms with E-state index in [0.717, 1.165) is 37.3 Å². The van der Waals surface area contributed by atoms with E-state index in [1.807, 2.05) is 27.7 Å². The first-order valence-corrected chi connectivity index (χ1v) is 15.6. The van der Waals surface area contributed by atoms with Crippen LogP contribution in [0.4, 0.5) is 17.6 Å². The maximum absolute atomic E-state index is 14.3. The van der Waals surface area contributed by atoms with Crippen molar-refractivity contribution in [1.29, 1.82) is 0 Å². The van der Waals surface area contributed by atoms with Gasteiger partial charge in [-0.1, -0.05) is 53.3 Å². The molecule has 2 nitrogen and oxygen atoms in total. The average Bonchev–Trinajstić information content (AvgIpc) is 3.20. The van der Waals surface area contributed by atoms with E-state index in [-0.39, 0.29) is 12.4 Å². The van der Waals surface area contributed by atoms with E-state index in [4.69, 9.17) is 0 Å². The van der Waals surface area contributed by atoms with E-state index in [2.05, 4.69) is 43.5 Å². The lowest BCUT2D eigenvalue weighted by molar-refractivity contribution is 0.0895. The number of halogens is 4. The highest BCUT2D eigenvalue weighted by molar-refractivity contribution is 5.86. The van der Waals surface area contributed by atoms with Crippen LogP contribution in [0.1, 0.15) is 104 Å². The fourth-order valence-electron chi connectivity index (χ4n) is 9.65. The third-order valence-electron chi connectivity index (χ3n) is 11.2. The highest BCUT2D eigenvalue weighted by atomic mass is 19.2. The molecule has 6 rings (SSSR count). The molecule has 2 spiro atoms. The SMILES string of the molecule is C=C.C=C(NC/N=C1\CCC23C(CCC24C2CCC(=C)C2(C)CCC34)C1)c1c(F)c(F)c(C)c(F)c1F.CC.CC. The van der Waals surface area contributed by atoms with Crippen LogP contribution >= 0.6 is 0 Å². The van der Waals surface area contributed by atoms with E-state index in [1.165, 1.54) is 50.5 Å². The first-order valence-electron chi connectivity index (χ1n) is 15.6. The maximum atomic E-state index is 14.3. The van der Waals surface area contributed by atoms with Gasteiger partial charge < -0.3 is 5.32 Å². The molecular weight excluding hydrogens is 524 g/mol. The van der Waals surface area contributed by atoms with Gasteiger partial charge in [0.25, 0.3) is 0 Å². The Morgan fingerprint density at radius 3 is 2.07 bits per heavy atom. The Balaban J connectivity index is 0.000000725. The summed E-state index contributed by atoms with van der Waals surface area (Å²) in [5.74, 6) is -3.35. The molecule has 1 aromatic carbocycles. The normalized spacial score (nSPS) is 34.7. The number of hydrogen-bond acceptors (Lipinski definition) is 2. The van der Waals surface area contributed by atoms with Gasteiger partial charge >= 0.3 is 0 Å². The van der Waals surface area contributed by atoms with Crippen LogP contribution in [0.5, 0.6) is 0 Å². The van der Waals surface area contributed by atoms with Crippen molar-refractivity contribution >= 4 is 11.4 Å². The van der Waals surface area contributed by atoms with Gasteiger partial charge in [-0.3, -0.25) is 4.99 Å². The van der Waals surface area contributed by atoms with Gasteiger partial charge in [-0.2, -0.15) is 0 Å². The number of aliphatic imine (C=N–C) groups is 1. The lowest BCUT2D eigenvalue weighted by Crippen LogP contribution is -2.36. The average molecular weight is 575 g/mol. The summed E-state index contributed by atoms with van der Waals surface area (Å²) in [5, 5.41) is 2.77. The molecule has 6 unspecified atom stereocenters. The van der Waals surface area contributed by atoms with Gasteiger partial charge in [-0.15, -0.1) is 13.2 Å². The number of hydrogen-bond donors (Lipinski definition) is 1. The summed E-state index contributed by atoms with van der Waals surface area (Å²) in [6.45, 7) is 25.6. The molecule has 41 heavy (non-hydrogen) atoms. The van der Waals surface area contributed by atoms with Gasteiger partial charge in [0.1, 0.15) is 6.67 Å². The van der Waals surface area contributed by atoms with Gasteiger partial charge in [-0.05, 0) is 98.7 Å². The summed E-state index contributed by atoms with van der Waals surface area (Å²) in [6.07, 6.45) is 10.8. The molecule has 0 aliphatic heterocycles. The zero-order chi connectivity index (χ0) is 30.9.